The Bertz CT molecular complexity index is 827. The molecule has 1 unspecified atom stereocenters. The van der Waals surface area contributed by atoms with E-state index in [-0.39, 0.29) is 5.78 Å². The summed E-state index contributed by atoms with van der Waals surface area (Å²) in [7, 11) is 1.55. The number of methoxy groups -OCH3 is 1. The summed E-state index contributed by atoms with van der Waals surface area (Å²) in [5.74, 6) is 0.354. The first kappa shape index (κ1) is 20.7. The molecule has 0 saturated carbocycles. The Morgan fingerprint density at radius 1 is 1.11 bits per heavy atom. The highest BCUT2D eigenvalue weighted by Gasteiger charge is 2.18. The molecule has 6 heteroatoms. The van der Waals surface area contributed by atoms with Crippen molar-refractivity contribution in [1.82, 2.24) is 0 Å². The van der Waals surface area contributed by atoms with Gasteiger partial charge in [-0.25, -0.2) is 4.79 Å². The van der Waals surface area contributed by atoms with Gasteiger partial charge in [0.05, 0.1) is 13.7 Å². The van der Waals surface area contributed by atoms with Crippen molar-refractivity contribution in [2.75, 3.05) is 13.7 Å². The Labute approximate surface area is 167 Å². The molecule has 0 aliphatic rings. The summed E-state index contributed by atoms with van der Waals surface area (Å²) >= 11 is 3.32. The first-order valence-electron chi connectivity index (χ1n) is 8.44. The number of ether oxygens (including phenoxy) is 3. The van der Waals surface area contributed by atoms with Crippen LogP contribution in [0.3, 0.4) is 0 Å². The number of esters is 1. The molecule has 2 rings (SSSR count). The molecule has 0 aliphatic heterocycles. The van der Waals surface area contributed by atoms with Crippen molar-refractivity contribution in [3.63, 3.8) is 0 Å². The Morgan fingerprint density at radius 3 is 2.44 bits per heavy atom. The first-order chi connectivity index (χ1) is 12.9. The van der Waals surface area contributed by atoms with Gasteiger partial charge in [-0.3, -0.25) is 4.79 Å². The third kappa shape index (κ3) is 5.96. The molecule has 0 spiro atoms. The van der Waals surface area contributed by atoms with Gasteiger partial charge in [0, 0.05) is 16.1 Å². The number of benzene rings is 2. The summed E-state index contributed by atoms with van der Waals surface area (Å²) in [6, 6.07) is 12.2. The van der Waals surface area contributed by atoms with Crippen molar-refractivity contribution in [3.05, 3.63) is 64.1 Å². The molecule has 0 fully saturated rings. The lowest BCUT2D eigenvalue weighted by Crippen LogP contribution is -2.23. The molecule has 0 heterocycles. The second kappa shape index (κ2) is 9.92. The lowest BCUT2D eigenvalue weighted by atomic mass is 10.1. The fraction of sp³-hybridized carbons (Fsp3) is 0.238. The van der Waals surface area contributed by atoms with Crippen molar-refractivity contribution in [2.24, 2.45) is 0 Å². The van der Waals surface area contributed by atoms with Crippen molar-refractivity contribution >= 4 is 33.8 Å². The smallest absolute Gasteiger partial charge is 0.331 e. The number of carbonyl (C=O) groups excluding carboxylic acids is 2. The van der Waals surface area contributed by atoms with E-state index in [0.717, 1.165) is 10.0 Å². The summed E-state index contributed by atoms with van der Waals surface area (Å²) in [4.78, 5) is 24.3. The molecule has 27 heavy (non-hydrogen) atoms. The third-order valence-electron chi connectivity index (χ3n) is 3.69. The van der Waals surface area contributed by atoms with E-state index in [1.807, 2.05) is 6.92 Å². The molecule has 2 aromatic carbocycles. The molecule has 0 saturated heterocycles. The van der Waals surface area contributed by atoms with Gasteiger partial charge in [0.25, 0.3) is 0 Å². The van der Waals surface area contributed by atoms with Gasteiger partial charge in [-0.05, 0) is 49.8 Å². The van der Waals surface area contributed by atoms with Crippen molar-refractivity contribution in [2.45, 2.75) is 20.0 Å². The van der Waals surface area contributed by atoms with Crippen LogP contribution in [-0.2, 0) is 9.53 Å². The highest BCUT2D eigenvalue weighted by atomic mass is 79.9. The van der Waals surface area contributed by atoms with E-state index in [1.54, 1.807) is 62.6 Å². The van der Waals surface area contributed by atoms with E-state index < -0.39 is 12.1 Å². The minimum atomic E-state index is -0.877. The topological polar surface area (TPSA) is 61.8 Å². The Morgan fingerprint density at radius 2 is 1.81 bits per heavy atom. The minimum Gasteiger partial charge on any atom is -0.493 e. The van der Waals surface area contributed by atoms with Gasteiger partial charge in [-0.2, -0.15) is 0 Å². The normalized spacial score (nSPS) is 11.9. The molecule has 0 radical (unpaired) electrons. The van der Waals surface area contributed by atoms with Crippen molar-refractivity contribution in [1.29, 1.82) is 0 Å². The minimum absolute atomic E-state index is 0.257. The molecule has 142 valence electrons. The zero-order valence-corrected chi connectivity index (χ0v) is 17.0. The zero-order chi connectivity index (χ0) is 19.8. The number of hydrogen-bond acceptors (Lipinski definition) is 5. The molecular weight excluding hydrogens is 412 g/mol. The van der Waals surface area contributed by atoms with Gasteiger partial charge in [0.2, 0.25) is 5.78 Å². The molecule has 0 aromatic heterocycles. The van der Waals surface area contributed by atoms with Crippen LogP contribution in [0.15, 0.2) is 53.0 Å². The van der Waals surface area contributed by atoms with Gasteiger partial charge in [0.15, 0.2) is 17.6 Å². The summed E-state index contributed by atoms with van der Waals surface area (Å²) in [5, 5.41) is 0. The van der Waals surface area contributed by atoms with E-state index >= 15 is 0 Å². The molecule has 0 N–H and O–H groups in total. The standard InChI is InChI=1S/C21H21BrO5/c1-4-26-18-11-5-15(13-19(18)25-3)6-12-20(23)27-14(2)21(24)16-7-9-17(22)10-8-16/h5-14H,4H2,1-3H3/b12-6+. The maximum atomic E-state index is 12.3. The van der Waals surface area contributed by atoms with Crippen LogP contribution >= 0.6 is 15.9 Å². The lowest BCUT2D eigenvalue weighted by Gasteiger charge is -2.11. The molecular formula is C21H21BrO5. The largest absolute Gasteiger partial charge is 0.493 e. The fourth-order valence-corrected chi connectivity index (χ4v) is 2.61. The zero-order valence-electron chi connectivity index (χ0n) is 15.4. The summed E-state index contributed by atoms with van der Waals surface area (Å²) in [5.41, 5.74) is 1.23. The number of halogens is 1. The molecule has 0 bridgehead atoms. The highest BCUT2D eigenvalue weighted by Crippen LogP contribution is 2.28. The van der Waals surface area contributed by atoms with Crippen molar-refractivity contribution < 1.29 is 23.8 Å². The third-order valence-corrected chi connectivity index (χ3v) is 4.22. The van der Waals surface area contributed by atoms with E-state index in [0.29, 0.717) is 23.7 Å². The van der Waals surface area contributed by atoms with Crippen LogP contribution in [-0.4, -0.2) is 31.6 Å². The average Bonchev–Trinajstić information content (AvgIpc) is 2.67. The molecule has 1 atom stereocenters. The number of carbonyl (C=O) groups is 2. The van der Waals surface area contributed by atoms with Gasteiger partial charge in [-0.1, -0.05) is 34.1 Å². The van der Waals surface area contributed by atoms with E-state index in [9.17, 15) is 9.59 Å². The Hall–Kier alpha value is -2.60. The summed E-state index contributed by atoms with van der Waals surface area (Å²) in [6.45, 7) is 3.97. The number of Topliss-reactive ketones (excluding diaryl/α,β-unsaturated/α-hetero) is 1. The Kier molecular flexibility index (Phi) is 7.61. The predicted molar refractivity (Wildman–Crippen MR) is 107 cm³/mol. The Balaban J connectivity index is 2.00. The maximum absolute atomic E-state index is 12.3. The fourth-order valence-electron chi connectivity index (χ4n) is 2.34. The van der Waals surface area contributed by atoms with Gasteiger partial charge < -0.3 is 14.2 Å². The van der Waals surface area contributed by atoms with E-state index in [2.05, 4.69) is 15.9 Å². The lowest BCUT2D eigenvalue weighted by molar-refractivity contribution is -0.140. The van der Waals surface area contributed by atoms with Crippen LogP contribution in [0.1, 0.15) is 29.8 Å². The quantitative estimate of drug-likeness (QED) is 0.344. The molecule has 2 aromatic rings. The molecule has 0 aliphatic carbocycles. The maximum Gasteiger partial charge on any atom is 0.331 e. The summed E-state index contributed by atoms with van der Waals surface area (Å²) in [6.07, 6.45) is 2.00. The van der Waals surface area contributed by atoms with Crippen LogP contribution in [0, 0.1) is 0 Å². The number of rotatable bonds is 8. The van der Waals surface area contributed by atoms with E-state index in [1.165, 1.54) is 6.08 Å². The average molecular weight is 433 g/mol. The summed E-state index contributed by atoms with van der Waals surface area (Å²) < 4.78 is 16.8. The second-order valence-corrected chi connectivity index (χ2v) is 6.54. The van der Waals surface area contributed by atoms with Crippen LogP contribution < -0.4 is 9.47 Å². The SMILES string of the molecule is CCOc1ccc(/C=C/C(=O)OC(C)C(=O)c2ccc(Br)cc2)cc1OC. The monoisotopic (exact) mass is 432 g/mol. The molecule has 0 amide bonds. The van der Waals surface area contributed by atoms with Crippen LogP contribution in [0.5, 0.6) is 11.5 Å². The first-order valence-corrected chi connectivity index (χ1v) is 9.23. The van der Waals surface area contributed by atoms with Crippen LogP contribution in [0.25, 0.3) is 6.08 Å². The van der Waals surface area contributed by atoms with Crippen LogP contribution in [0.4, 0.5) is 0 Å². The number of hydrogen-bond donors (Lipinski definition) is 0. The predicted octanol–water partition coefficient (Wildman–Crippen LogP) is 4.68. The van der Waals surface area contributed by atoms with Gasteiger partial charge in [-0.15, -0.1) is 0 Å². The molecule has 5 nitrogen and oxygen atoms in total. The van der Waals surface area contributed by atoms with E-state index in [4.69, 9.17) is 14.2 Å². The highest BCUT2D eigenvalue weighted by molar-refractivity contribution is 9.10. The van der Waals surface area contributed by atoms with Gasteiger partial charge >= 0.3 is 5.97 Å². The van der Waals surface area contributed by atoms with Crippen molar-refractivity contribution in [3.8, 4) is 11.5 Å². The van der Waals surface area contributed by atoms with Gasteiger partial charge in [0.1, 0.15) is 0 Å². The van der Waals surface area contributed by atoms with Crippen LogP contribution in [0.2, 0.25) is 0 Å². The second-order valence-electron chi connectivity index (χ2n) is 5.63. The number of ketones is 1.